The van der Waals surface area contributed by atoms with E-state index in [1.807, 2.05) is 26.1 Å². The molecular formula is C12H15N3O. The van der Waals surface area contributed by atoms with Crippen molar-refractivity contribution in [1.82, 2.24) is 9.78 Å². The van der Waals surface area contributed by atoms with Crippen LogP contribution < -0.4 is 5.73 Å². The fourth-order valence-electron chi connectivity index (χ4n) is 1.85. The zero-order valence-electron chi connectivity index (χ0n) is 9.38. The summed E-state index contributed by atoms with van der Waals surface area (Å²) in [5.41, 5.74) is 8.93. The summed E-state index contributed by atoms with van der Waals surface area (Å²) in [7, 11) is 1.88. The van der Waals surface area contributed by atoms with Crippen LogP contribution in [0.3, 0.4) is 0 Å². The highest BCUT2D eigenvalue weighted by molar-refractivity contribution is 5.66. The van der Waals surface area contributed by atoms with Crippen LogP contribution in [0.4, 0.5) is 0 Å². The van der Waals surface area contributed by atoms with Gasteiger partial charge in [-0.3, -0.25) is 4.68 Å². The van der Waals surface area contributed by atoms with E-state index < -0.39 is 0 Å². The smallest absolute Gasteiger partial charge is 0.115 e. The topological polar surface area (TPSA) is 64.1 Å². The number of phenolic OH excluding ortho intramolecular Hbond substituents is 1. The molecule has 0 spiro atoms. The number of phenols is 1. The molecule has 16 heavy (non-hydrogen) atoms. The highest BCUT2D eigenvalue weighted by atomic mass is 16.3. The second-order valence-electron chi connectivity index (χ2n) is 3.90. The quantitative estimate of drug-likeness (QED) is 0.806. The van der Waals surface area contributed by atoms with Gasteiger partial charge in [0.25, 0.3) is 0 Å². The summed E-state index contributed by atoms with van der Waals surface area (Å²) in [5, 5.41) is 13.5. The summed E-state index contributed by atoms with van der Waals surface area (Å²) in [6, 6.07) is 6.97. The number of hydrogen-bond acceptors (Lipinski definition) is 3. The minimum absolute atomic E-state index is 0.0729. The van der Waals surface area contributed by atoms with Gasteiger partial charge in [0, 0.05) is 18.7 Å². The molecule has 1 aromatic carbocycles. The van der Waals surface area contributed by atoms with E-state index >= 15 is 0 Å². The Bertz CT molecular complexity index is 485. The Labute approximate surface area is 94.3 Å². The molecule has 4 heteroatoms. The van der Waals surface area contributed by atoms with E-state index in [2.05, 4.69) is 5.10 Å². The van der Waals surface area contributed by atoms with Gasteiger partial charge in [-0.2, -0.15) is 5.10 Å². The Balaban J connectivity index is 2.52. The van der Waals surface area contributed by atoms with Gasteiger partial charge < -0.3 is 10.8 Å². The van der Waals surface area contributed by atoms with Crippen LogP contribution in [0.5, 0.6) is 5.75 Å². The number of benzene rings is 1. The van der Waals surface area contributed by atoms with Gasteiger partial charge in [0.2, 0.25) is 0 Å². The van der Waals surface area contributed by atoms with Crippen LogP contribution in [-0.2, 0) is 7.05 Å². The van der Waals surface area contributed by atoms with Crippen LogP contribution in [0.1, 0.15) is 18.7 Å². The molecule has 0 aliphatic rings. The summed E-state index contributed by atoms with van der Waals surface area (Å²) in [4.78, 5) is 0. The molecule has 0 aliphatic carbocycles. The van der Waals surface area contributed by atoms with Crippen molar-refractivity contribution in [2.75, 3.05) is 0 Å². The van der Waals surface area contributed by atoms with Crippen LogP contribution in [0.2, 0.25) is 0 Å². The van der Waals surface area contributed by atoms with Gasteiger partial charge in [-0.05, 0) is 24.6 Å². The van der Waals surface area contributed by atoms with Gasteiger partial charge in [-0.15, -0.1) is 0 Å². The van der Waals surface area contributed by atoms with Crippen molar-refractivity contribution in [2.24, 2.45) is 12.8 Å². The average Bonchev–Trinajstić information content (AvgIpc) is 2.61. The maximum atomic E-state index is 9.24. The first-order valence-corrected chi connectivity index (χ1v) is 5.16. The molecule has 0 aliphatic heterocycles. The third-order valence-corrected chi connectivity index (χ3v) is 2.59. The lowest BCUT2D eigenvalue weighted by atomic mass is 10.0. The normalized spacial score (nSPS) is 12.7. The summed E-state index contributed by atoms with van der Waals surface area (Å²) in [6.07, 6.45) is 1.80. The predicted molar refractivity (Wildman–Crippen MR) is 62.9 cm³/mol. The van der Waals surface area contributed by atoms with Gasteiger partial charge in [0.1, 0.15) is 5.75 Å². The Morgan fingerprint density at radius 3 is 2.50 bits per heavy atom. The van der Waals surface area contributed by atoms with E-state index in [4.69, 9.17) is 5.73 Å². The number of aromatic hydroxyl groups is 1. The fraction of sp³-hybridized carbons (Fsp3) is 0.250. The molecule has 84 valence electrons. The van der Waals surface area contributed by atoms with E-state index in [9.17, 15) is 5.11 Å². The molecule has 0 saturated carbocycles. The number of aromatic nitrogens is 2. The van der Waals surface area contributed by atoms with E-state index in [1.54, 1.807) is 23.0 Å². The molecule has 0 fully saturated rings. The zero-order chi connectivity index (χ0) is 11.7. The second-order valence-corrected chi connectivity index (χ2v) is 3.90. The van der Waals surface area contributed by atoms with Crippen molar-refractivity contribution in [2.45, 2.75) is 13.0 Å². The second kappa shape index (κ2) is 3.98. The third-order valence-electron chi connectivity index (χ3n) is 2.59. The Kier molecular flexibility index (Phi) is 2.66. The summed E-state index contributed by atoms with van der Waals surface area (Å²) < 4.78 is 1.78. The minimum atomic E-state index is -0.0729. The zero-order valence-corrected chi connectivity index (χ0v) is 9.38. The van der Waals surface area contributed by atoms with E-state index in [0.717, 1.165) is 16.8 Å². The lowest BCUT2D eigenvalue weighted by molar-refractivity contribution is 0.475. The van der Waals surface area contributed by atoms with Gasteiger partial charge in [0.15, 0.2) is 0 Å². The highest BCUT2D eigenvalue weighted by Gasteiger charge is 2.13. The minimum Gasteiger partial charge on any atom is -0.508 e. The monoisotopic (exact) mass is 217 g/mol. The Hall–Kier alpha value is -1.81. The maximum Gasteiger partial charge on any atom is 0.115 e. The molecule has 0 saturated heterocycles. The SMILES string of the molecule is CC(N)c1c(-c2ccc(O)cc2)cnn1C. The van der Waals surface area contributed by atoms with Crippen molar-refractivity contribution >= 4 is 0 Å². The fourth-order valence-corrected chi connectivity index (χ4v) is 1.85. The number of rotatable bonds is 2. The Morgan fingerprint density at radius 1 is 1.31 bits per heavy atom. The number of hydrogen-bond donors (Lipinski definition) is 2. The lowest BCUT2D eigenvalue weighted by Crippen LogP contribution is -2.11. The van der Waals surface area contributed by atoms with Crippen molar-refractivity contribution < 1.29 is 5.11 Å². The van der Waals surface area contributed by atoms with Gasteiger partial charge in [-0.1, -0.05) is 12.1 Å². The lowest BCUT2D eigenvalue weighted by Gasteiger charge is -2.09. The van der Waals surface area contributed by atoms with Crippen LogP contribution in [-0.4, -0.2) is 14.9 Å². The van der Waals surface area contributed by atoms with E-state index in [1.165, 1.54) is 0 Å². The van der Waals surface area contributed by atoms with Crippen LogP contribution in [0.25, 0.3) is 11.1 Å². The van der Waals surface area contributed by atoms with Crippen molar-refractivity contribution in [3.05, 3.63) is 36.2 Å². The van der Waals surface area contributed by atoms with Crippen molar-refractivity contribution in [3.8, 4) is 16.9 Å². The number of aryl methyl sites for hydroxylation is 1. The molecule has 4 nitrogen and oxygen atoms in total. The molecule has 1 heterocycles. The van der Waals surface area contributed by atoms with Gasteiger partial charge in [0.05, 0.1) is 11.9 Å². The molecule has 1 atom stereocenters. The highest BCUT2D eigenvalue weighted by Crippen LogP contribution is 2.27. The summed E-state index contributed by atoms with van der Waals surface area (Å²) in [6.45, 7) is 1.93. The standard InChI is InChI=1S/C12H15N3O/c1-8(13)12-11(7-14-15(12)2)9-3-5-10(16)6-4-9/h3-8,16H,13H2,1-2H3. The molecule has 0 amide bonds. The van der Waals surface area contributed by atoms with E-state index in [0.29, 0.717) is 0 Å². The van der Waals surface area contributed by atoms with Crippen LogP contribution >= 0.6 is 0 Å². The Morgan fingerprint density at radius 2 is 1.94 bits per heavy atom. The van der Waals surface area contributed by atoms with Gasteiger partial charge in [-0.25, -0.2) is 0 Å². The summed E-state index contributed by atoms with van der Waals surface area (Å²) >= 11 is 0. The number of nitrogens with two attached hydrogens (primary N) is 1. The molecule has 2 rings (SSSR count). The predicted octanol–water partition coefficient (Wildman–Crippen LogP) is 1.81. The van der Waals surface area contributed by atoms with Crippen LogP contribution in [0, 0.1) is 0 Å². The maximum absolute atomic E-state index is 9.24. The van der Waals surface area contributed by atoms with Crippen molar-refractivity contribution in [1.29, 1.82) is 0 Å². The first kappa shape index (κ1) is 10.7. The molecule has 3 N–H and O–H groups in total. The van der Waals surface area contributed by atoms with Gasteiger partial charge >= 0.3 is 0 Å². The third kappa shape index (κ3) is 1.79. The van der Waals surface area contributed by atoms with Crippen molar-refractivity contribution in [3.63, 3.8) is 0 Å². The van der Waals surface area contributed by atoms with Crippen LogP contribution in [0.15, 0.2) is 30.5 Å². The molecule has 2 aromatic rings. The molecule has 1 aromatic heterocycles. The molecule has 0 radical (unpaired) electrons. The first-order valence-electron chi connectivity index (χ1n) is 5.16. The first-order chi connectivity index (χ1) is 7.59. The largest absolute Gasteiger partial charge is 0.508 e. The van der Waals surface area contributed by atoms with E-state index in [-0.39, 0.29) is 11.8 Å². The summed E-state index contributed by atoms with van der Waals surface area (Å²) in [5.74, 6) is 0.259. The average molecular weight is 217 g/mol. The number of nitrogens with zero attached hydrogens (tertiary/aromatic N) is 2. The molecule has 0 bridgehead atoms. The molecular weight excluding hydrogens is 202 g/mol. The molecule has 1 unspecified atom stereocenters.